The Kier molecular flexibility index (Phi) is 6.87. The number of nitrogens with one attached hydrogen (secondary N) is 1. The van der Waals surface area contributed by atoms with E-state index in [1.54, 1.807) is 24.3 Å². The van der Waals surface area contributed by atoms with E-state index in [0.29, 0.717) is 48.5 Å². The van der Waals surface area contributed by atoms with Crippen molar-refractivity contribution < 1.29 is 23.6 Å². The fraction of sp³-hybridized carbons (Fsp3) is 0.265. The molecule has 3 aromatic carbocycles. The van der Waals surface area contributed by atoms with E-state index in [1.807, 2.05) is 34.1 Å². The zero-order valence-electron chi connectivity index (χ0n) is 27.7. The molecule has 1 aromatic heterocycles. The van der Waals surface area contributed by atoms with Crippen LogP contribution in [0.2, 0.25) is 0 Å². The summed E-state index contributed by atoms with van der Waals surface area (Å²) in [5.74, 6) is 1.02. The standard InChI is InChI=1S/C34H27F3N6O/c1-2-21-6-3-7-22-8-4-9-25(28(21)22)29-27(36)16-26-31(30(29)37)40-33(41-32(26)42-15-13-39-24(19-42)10-12-38)44-20-34-11-5-14-43(34)18-23(35)17-34/h1,3-9,11,16,18,24,39H,10,13-15,17,19-20H2/p+4/t24-,34+/m0/s1. The molecule has 0 spiro atoms. The van der Waals surface area contributed by atoms with E-state index >= 15 is 8.78 Å². The van der Waals surface area contributed by atoms with Crippen LogP contribution in [0.3, 0.4) is 0 Å². The van der Waals surface area contributed by atoms with Gasteiger partial charge < -0.3 is 19.9 Å². The minimum absolute atomic E-state index is 0. The molecule has 0 amide bonds. The summed E-state index contributed by atoms with van der Waals surface area (Å²) in [5.41, 5.74) is -0.269. The van der Waals surface area contributed by atoms with Crippen molar-refractivity contribution in [2.45, 2.75) is 24.4 Å². The molecule has 0 radical (unpaired) electrons. The van der Waals surface area contributed by atoms with Gasteiger partial charge in [-0.2, -0.15) is 15.2 Å². The van der Waals surface area contributed by atoms with Crippen molar-refractivity contribution in [3.8, 4) is 35.6 Å². The van der Waals surface area contributed by atoms with E-state index < -0.39 is 17.2 Å². The van der Waals surface area contributed by atoms with E-state index in [2.05, 4.69) is 27.3 Å². The van der Waals surface area contributed by atoms with E-state index in [0.717, 1.165) is 5.39 Å². The van der Waals surface area contributed by atoms with Gasteiger partial charge in [-0.1, -0.05) is 48.4 Å². The van der Waals surface area contributed by atoms with Crippen molar-refractivity contribution in [2.24, 2.45) is 0 Å². The highest BCUT2D eigenvalue weighted by molar-refractivity contribution is 6.03. The molecular formula is C34H31F3N6O+4. The highest BCUT2D eigenvalue weighted by Crippen LogP contribution is 2.41. The number of rotatable bonds is 6. The maximum absolute atomic E-state index is 16.7. The Bertz CT molecular complexity index is 1980. The molecule has 0 saturated carbocycles. The second kappa shape index (κ2) is 10.9. The normalized spacial score (nSPS) is 20.9. The number of nitrogens with zero attached hydrogens (tertiary/aromatic N) is 5. The molecule has 1 N–H and O–H groups in total. The first-order valence-corrected chi connectivity index (χ1v) is 14.4. The van der Waals surface area contributed by atoms with Crippen LogP contribution in [0.5, 0.6) is 6.01 Å². The second-order valence-electron chi connectivity index (χ2n) is 11.3. The lowest BCUT2D eigenvalue weighted by Gasteiger charge is -2.34. The van der Waals surface area contributed by atoms with Gasteiger partial charge in [-0.3, -0.25) is 0 Å². The molecule has 3 aliphatic rings. The van der Waals surface area contributed by atoms with Gasteiger partial charge in [-0.25, -0.2) is 13.2 Å². The number of piperazine rings is 1. The third-order valence-corrected chi connectivity index (χ3v) is 8.59. The maximum Gasteiger partial charge on any atom is 1.00 e. The first kappa shape index (κ1) is 27.8. The largest absolute Gasteiger partial charge is 1.00 e. The first-order valence-electron chi connectivity index (χ1n) is 14.4. The van der Waals surface area contributed by atoms with Crippen LogP contribution in [0.25, 0.3) is 32.8 Å². The molecule has 1 fully saturated rings. The molecule has 3 aliphatic heterocycles. The van der Waals surface area contributed by atoms with E-state index in [1.165, 1.54) is 12.3 Å². The summed E-state index contributed by atoms with van der Waals surface area (Å²) in [4.78, 5) is 12.8. The number of ether oxygens (including phenoxy) is 1. The predicted molar refractivity (Wildman–Crippen MR) is 167 cm³/mol. The number of fused-ring (bicyclic) bond motifs is 3. The van der Waals surface area contributed by atoms with E-state index in [-0.39, 0.29) is 59.5 Å². The van der Waals surface area contributed by atoms with Crippen molar-refractivity contribution in [3.05, 3.63) is 83.8 Å². The molecule has 0 bridgehead atoms. The zero-order chi connectivity index (χ0) is 30.4. The molecule has 1 saturated heterocycles. The van der Waals surface area contributed by atoms with Crippen LogP contribution in [0.4, 0.5) is 19.0 Å². The number of anilines is 1. The second-order valence-corrected chi connectivity index (χ2v) is 11.3. The van der Waals surface area contributed by atoms with Gasteiger partial charge >= 0.3 is 11.7 Å². The Labute approximate surface area is 258 Å². The monoisotopic (exact) mass is 596 g/mol. The fourth-order valence-electron chi connectivity index (χ4n) is 6.53. The quantitative estimate of drug-likeness (QED) is 0.214. The molecule has 0 aliphatic carbocycles. The number of halogens is 3. The van der Waals surface area contributed by atoms with Gasteiger partial charge in [0, 0.05) is 61.2 Å². The fourth-order valence-corrected chi connectivity index (χ4v) is 6.53. The van der Waals surface area contributed by atoms with Crippen molar-refractivity contribution in [2.75, 3.05) is 37.7 Å². The number of hydrogen-bond donors (Lipinski definition) is 1. The van der Waals surface area contributed by atoms with Crippen LogP contribution in [0, 0.1) is 35.3 Å². The number of benzene rings is 3. The van der Waals surface area contributed by atoms with Gasteiger partial charge in [0.25, 0.3) is 0 Å². The summed E-state index contributed by atoms with van der Waals surface area (Å²) >= 11 is 0. The molecule has 10 heteroatoms. The van der Waals surface area contributed by atoms with Crippen LogP contribution in [0.1, 0.15) is 24.1 Å². The van der Waals surface area contributed by atoms with Crippen LogP contribution in [-0.2, 0) is 0 Å². The van der Waals surface area contributed by atoms with Gasteiger partial charge in [0.15, 0.2) is 5.82 Å². The lowest BCUT2D eigenvalue weighted by atomic mass is 9.93. The van der Waals surface area contributed by atoms with Crippen molar-refractivity contribution in [3.63, 3.8) is 0 Å². The van der Waals surface area contributed by atoms with Crippen molar-refractivity contribution in [1.29, 1.82) is 5.26 Å². The van der Waals surface area contributed by atoms with Crippen LogP contribution in [-0.4, -0.2) is 59.2 Å². The highest BCUT2D eigenvalue weighted by atomic mass is 19.1. The number of nitriles is 1. The average molecular weight is 597 g/mol. The number of aromatic nitrogens is 2. The molecule has 4 heterocycles. The smallest absolute Gasteiger partial charge is 0.461 e. The Morgan fingerprint density at radius 2 is 2.02 bits per heavy atom. The minimum atomic E-state index is -0.870. The first-order chi connectivity index (χ1) is 21.4. The minimum Gasteiger partial charge on any atom is -0.461 e. The summed E-state index contributed by atoms with van der Waals surface area (Å²) in [6.45, 7) is 2.01. The average Bonchev–Trinajstić information content (AvgIpc) is 3.55. The topological polar surface area (TPSA) is 77.3 Å². The predicted octanol–water partition coefficient (Wildman–Crippen LogP) is 6.06. The molecule has 7 nitrogen and oxygen atoms in total. The molecule has 0 unspecified atom stereocenters. The SMILES string of the molecule is C#Cc1cccc2cccc(-c3c(F)cc4c(N5CCN[C@@H](CC#N)C5)nc(OC[C@]56C=CCN5C=C(F)C6)nc4c3F)c12.[H+].[H+].[H+].[H+]. The lowest BCUT2D eigenvalue weighted by Crippen LogP contribution is -2.51. The third kappa shape index (κ3) is 4.59. The van der Waals surface area contributed by atoms with Crippen LogP contribution in [0.15, 0.2) is 66.6 Å². The van der Waals surface area contributed by atoms with Gasteiger partial charge in [0.1, 0.15) is 29.6 Å². The Balaban J connectivity index is 0.00000156. The highest BCUT2D eigenvalue weighted by Gasteiger charge is 2.42. The molecule has 44 heavy (non-hydrogen) atoms. The molecule has 2 atom stereocenters. The molecule has 220 valence electrons. The molecule has 7 rings (SSSR count). The van der Waals surface area contributed by atoms with Crippen LogP contribution >= 0.6 is 0 Å². The van der Waals surface area contributed by atoms with E-state index in [4.69, 9.17) is 11.2 Å². The summed E-state index contributed by atoms with van der Waals surface area (Å²) in [6, 6.07) is 13.7. The number of terminal acetylenes is 1. The van der Waals surface area contributed by atoms with Crippen molar-refractivity contribution in [1.82, 2.24) is 20.2 Å². The summed E-state index contributed by atoms with van der Waals surface area (Å²) in [7, 11) is 0. The van der Waals surface area contributed by atoms with Gasteiger partial charge in [0.05, 0.1) is 23.6 Å². The summed E-state index contributed by atoms with van der Waals surface area (Å²) in [5, 5.41) is 14.1. The van der Waals surface area contributed by atoms with Crippen LogP contribution < -0.4 is 15.0 Å². The molecule has 4 aromatic rings. The van der Waals surface area contributed by atoms with Gasteiger partial charge in [0.2, 0.25) is 0 Å². The Morgan fingerprint density at radius 3 is 2.84 bits per heavy atom. The van der Waals surface area contributed by atoms with E-state index in [9.17, 15) is 9.65 Å². The zero-order valence-corrected chi connectivity index (χ0v) is 23.7. The van der Waals surface area contributed by atoms with Gasteiger partial charge in [-0.15, -0.1) is 6.42 Å². The maximum atomic E-state index is 16.7. The summed E-state index contributed by atoms with van der Waals surface area (Å²) in [6.07, 6.45) is 11.5. The lowest BCUT2D eigenvalue weighted by molar-refractivity contribution is 0.145. The van der Waals surface area contributed by atoms with Gasteiger partial charge in [-0.05, 0) is 23.1 Å². The Hall–Kier alpha value is -5.06. The third-order valence-electron chi connectivity index (χ3n) is 8.59. The Morgan fingerprint density at radius 1 is 1.18 bits per heavy atom. The van der Waals surface area contributed by atoms with Crippen molar-refractivity contribution >= 4 is 27.5 Å². The molecular weight excluding hydrogens is 565 g/mol. The number of hydrogen-bond acceptors (Lipinski definition) is 7. The summed E-state index contributed by atoms with van der Waals surface area (Å²) < 4.78 is 53.2.